The van der Waals surface area contributed by atoms with Crippen molar-refractivity contribution in [2.24, 2.45) is 17.0 Å². The first-order chi connectivity index (χ1) is 17.9. The van der Waals surface area contributed by atoms with Gasteiger partial charge in [0.05, 0.1) is 11.6 Å². The lowest BCUT2D eigenvalue weighted by Gasteiger charge is -2.50. The Kier molecular flexibility index (Phi) is 5.80. The van der Waals surface area contributed by atoms with Crippen LogP contribution >= 0.6 is 0 Å². The fourth-order valence-corrected chi connectivity index (χ4v) is 6.20. The molecule has 38 heavy (non-hydrogen) atoms. The molecule has 1 heterocycles. The number of ketones is 3. The van der Waals surface area contributed by atoms with Crippen LogP contribution in [0.2, 0.25) is 0 Å². The van der Waals surface area contributed by atoms with Gasteiger partial charge in [0.1, 0.15) is 40.6 Å². The second kappa shape index (κ2) is 8.67. The minimum atomic E-state index is -2.62. The Bertz CT molecular complexity index is 1500. The molecule has 0 saturated heterocycles. The number of benzene rings is 1. The Morgan fingerprint density at radius 2 is 1.87 bits per heavy atom. The van der Waals surface area contributed by atoms with Crippen molar-refractivity contribution in [3.8, 4) is 17.1 Å². The highest BCUT2D eigenvalue weighted by molar-refractivity contribution is 6.25. The van der Waals surface area contributed by atoms with Crippen LogP contribution in [0.5, 0.6) is 5.75 Å². The maximum absolute atomic E-state index is 13.9. The highest BCUT2D eigenvalue weighted by Gasteiger charge is 2.64. The molecule has 11 nitrogen and oxygen atoms in total. The number of furan rings is 1. The SMILES string of the molecule is CC(=O)C1=C(O)[C@@]2(O)C(=O)C3=C(O)c4c(O)ccc(-c5ccc(/C=N/O)o5)c4C[C@H]3C[C@H]2[C@H](N(C)C)C1=O. The Morgan fingerprint density at radius 1 is 1.16 bits per heavy atom. The second-order valence-electron chi connectivity index (χ2n) is 10.1. The maximum atomic E-state index is 13.9. The molecule has 1 fully saturated rings. The molecule has 0 bridgehead atoms. The molecule has 11 heteroatoms. The number of hydrogen-bond acceptors (Lipinski definition) is 11. The van der Waals surface area contributed by atoms with Gasteiger partial charge in [0.2, 0.25) is 5.78 Å². The van der Waals surface area contributed by atoms with Gasteiger partial charge in [0.25, 0.3) is 0 Å². The Balaban J connectivity index is 1.72. The number of aliphatic hydroxyl groups is 3. The van der Waals surface area contributed by atoms with Gasteiger partial charge >= 0.3 is 0 Å². The molecule has 4 atom stereocenters. The molecule has 1 aromatic heterocycles. The van der Waals surface area contributed by atoms with Crippen LogP contribution in [0.3, 0.4) is 0 Å². The summed E-state index contributed by atoms with van der Waals surface area (Å²) in [5.74, 6) is -5.58. The average Bonchev–Trinajstić information content (AvgIpc) is 3.29. The number of fused-ring (bicyclic) bond motifs is 3. The number of hydrogen-bond donors (Lipinski definition) is 5. The number of rotatable bonds is 4. The second-order valence-corrected chi connectivity index (χ2v) is 10.1. The fourth-order valence-electron chi connectivity index (χ4n) is 6.20. The van der Waals surface area contributed by atoms with Crippen LogP contribution in [0, 0.1) is 11.8 Å². The number of oxime groups is 1. The van der Waals surface area contributed by atoms with Crippen molar-refractivity contribution in [1.29, 1.82) is 0 Å². The van der Waals surface area contributed by atoms with E-state index in [1.165, 1.54) is 11.0 Å². The monoisotopic (exact) mass is 522 g/mol. The molecule has 0 unspecified atom stereocenters. The van der Waals surface area contributed by atoms with Crippen LogP contribution in [0.4, 0.5) is 0 Å². The number of nitrogens with zero attached hydrogens (tertiary/aromatic N) is 2. The van der Waals surface area contributed by atoms with Crippen LogP contribution in [0.25, 0.3) is 17.1 Å². The molecule has 2 aromatic rings. The number of carbonyl (C=O) groups is 3. The molecule has 3 aliphatic rings. The summed E-state index contributed by atoms with van der Waals surface area (Å²) >= 11 is 0. The molecule has 0 radical (unpaired) electrons. The molecule has 0 spiro atoms. The van der Waals surface area contributed by atoms with Crippen molar-refractivity contribution in [3.63, 3.8) is 0 Å². The van der Waals surface area contributed by atoms with E-state index < -0.39 is 57.9 Å². The van der Waals surface area contributed by atoms with Crippen LogP contribution in [-0.4, -0.2) is 79.8 Å². The van der Waals surface area contributed by atoms with Crippen molar-refractivity contribution in [1.82, 2.24) is 4.90 Å². The van der Waals surface area contributed by atoms with Gasteiger partial charge in [-0.2, -0.15) is 0 Å². The van der Waals surface area contributed by atoms with E-state index >= 15 is 0 Å². The average molecular weight is 523 g/mol. The van der Waals surface area contributed by atoms with E-state index in [4.69, 9.17) is 9.62 Å². The molecular formula is C27H26N2O9. The first-order valence-electron chi connectivity index (χ1n) is 11.9. The van der Waals surface area contributed by atoms with Crippen molar-refractivity contribution < 1.29 is 44.4 Å². The number of likely N-dealkylation sites (N-methyl/N-ethyl adjacent to an activating group) is 1. The lowest BCUT2D eigenvalue weighted by Crippen LogP contribution is -2.65. The van der Waals surface area contributed by atoms with Crippen molar-refractivity contribution in [2.75, 3.05) is 14.1 Å². The number of aliphatic hydroxyl groups excluding tert-OH is 2. The van der Waals surface area contributed by atoms with E-state index in [1.54, 1.807) is 32.3 Å². The third kappa shape index (κ3) is 3.35. The lowest BCUT2D eigenvalue weighted by atomic mass is 9.57. The predicted molar refractivity (Wildman–Crippen MR) is 133 cm³/mol. The summed E-state index contributed by atoms with van der Waals surface area (Å²) in [6.45, 7) is 1.07. The summed E-state index contributed by atoms with van der Waals surface area (Å²) in [5.41, 5.74) is -2.49. The van der Waals surface area contributed by atoms with Crippen LogP contribution in [0.15, 0.2) is 50.7 Å². The summed E-state index contributed by atoms with van der Waals surface area (Å²) in [7, 11) is 3.15. The van der Waals surface area contributed by atoms with E-state index in [0.717, 1.165) is 13.1 Å². The van der Waals surface area contributed by atoms with Crippen molar-refractivity contribution >= 4 is 29.3 Å². The third-order valence-corrected chi connectivity index (χ3v) is 7.79. The lowest BCUT2D eigenvalue weighted by molar-refractivity contribution is -0.153. The minimum Gasteiger partial charge on any atom is -0.508 e. The summed E-state index contributed by atoms with van der Waals surface area (Å²) in [5, 5.41) is 56.4. The van der Waals surface area contributed by atoms with E-state index in [0.29, 0.717) is 16.9 Å². The summed E-state index contributed by atoms with van der Waals surface area (Å²) in [6.07, 6.45) is 1.25. The standard InChI is InChI=1S/C27H26N2O9/c1-11(30)19-24(33)22(29(2)3)16-9-12-8-15-14(18-7-4-13(38-18)10-28-37)5-6-17(31)21(15)23(32)20(12)26(35)27(16,36)25(19)34/h4-7,10,12,16,22,31-32,34,36-37H,8-9H2,1-3H3/b28-10+/t12-,16-,22-,27+/m0/s1. The Hall–Kier alpha value is -4.22. The van der Waals surface area contributed by atoms with E-state index in [-0.39, 0.29) is 35.5 Å². The molecule has 0 aliphatic heterocycles. The summed E-state index contributed by atoms with van der Waals surface area (Å²) < 4.78 is 5.70. The summed E-state index contributed by atoms with van der Waals surface area (Å²) in [6, 6.07) is 5.02. The molecule has 5 rings (SSSR count). The van der Waals surface area contributed by atoms with Crippen molar-refractivity contribution in [3.05, 3.63) is 58.1 Å². The van der Waals surface area contributed by atoms with Gasteiger partial charge < -0.3 is 30.1 Å². The van der Waals surface area contributed by atoms with Crippen molar-refractivity contribution in [2.45, 2.75) is 31.4 Å². The van der Waals surface area contributed by atoms with Gasteiger partial charge in [-0.3, -0.25) is 19.3 Å². The van der Waals surface area contributed by atoms with Crippen LogP contribution in [-0.2, 0) is 20.8 Å². The largest absolute Gasteiger partial charge is 0.508 e. The van der Waals surface area contributed by atoms with Crippen LogP contribution < -0.4 is 0 Å². The van der Waals surface area contributed by atoms with Crippen LogP contribution in [0.1, 0.15) is 30.2 Å². The first kappa shape index (κ1) is 25.4. The quantitative estimate of drug-likeness (QED) is 0.173. The third-order valence-electron chi connectivity index (χ3n) is 7.79. The van der Waals surface area contributed by atoms with E-state index in [1.807, 2.05) is 0 Å². The smallest absolute Gasteiger partial charge is 0.202 e. The summed E-state index contributed by atoms with van der Waals surface area (Å²) in [4.78, 5) is 40.9. The van der Waals surface area contributed by atoms with Gasteiger partial charge in [0.15, 0.2) is 17.2 Å². The zero-order valence-corrected chi connectivity index (χ0v) is 20.8. The molecule has 5 N–H and O–H groups in total. The molecule has 198 valence electrons. The fraction of sp³-hybridized carbons (Fsp3) is 0.333. The normalized spacial score (nSPS) is 27.1. The predicted octanol–water partition coefficient (Wildman–Crippen LogP) is 2.14. The Morgan fingerprint density at radius 3 is 2.50 bits per heavy atom. The molecular weight excluding hydrogens is 496 g/mol. The topological polar surface area (TPSA) is 181 Å². The highest BCUT2D eigenvalue weighted by Crippen LogP contribution is 2.53. The number of phenolic OH excluding ortho intramolecular Hbond substituents is 1. The first-order valence-corrected chi connectivity index (χ1v) is 11.9. The minimum absolute atomic E-state index is 0.0145. The molecule has 0 amide bonds. The zero-order chi connectivity index (χ0) is 27.7. The molecule has 3 aliphatic carbocycles. The highest BCUT2D eigenvalue weighted by atomic mass is 16.4. The number of Topliss-reactive ketones (excluding diaryl/α,β-unsaturated/α-hetero) is 3. The number of carbonyl (C=O) groups excluding carboxylic acids is 3. The van der Waals surface area contributed by atoms with Gasteiger partial charge in [-0.1, -0.05) is 5.16 Å². The zero-order valence-electron chi connectivity index (χ0n) is 20.8. The Labute approximate surface area is 216 Å². The van der Waals surface area contributed by atoms with Gasteiger partial charge in [-0.25, -0.2) is 0 Å². The van der Waals surface area contributed by atoms with Gasteiger partial charge in [-0.15, -0.1) is 0 Å². The molecule has 1 aromatic carbocycles. The van der Waals surface area contributed by atoms with E-state index in [2.05, 4.69) is 5.16 Å². The van der Waals surface area contributed by atoms with Gasteiger partial charge in [0, 0.05) is 17.1 Å². The van der Waals surface area contributed by atoms with E-state index in [9.17, 15) is 34.8 Å². The molecule has 1 saturated carbocycles. The maximum Gasteiger partial charge on any atom is 0.202 e. The van der Waals surface area contributed by atoms with Gasteiger partial charge in [-0.05, 0) is 69.6 Å². The number of phenols is 1. The number of aromatic hydroxyl groups is 1.